The van der Waals surface area contributed by atoms with Crippen LogP contribution in [0.5, 0.6) is 0 Å². The van der Waals surface area contributed by atoms with Gasteiger partial charge in [0.1, 0.15) is 0 Å². The number of hydrogen-bond donors (Lipinski definition) is 1. The second-order valence-electron chi connectivity index (χ2n) is 7.08. The molecule has 0 atom stereocenters. The van der Waals surface area contributed by atoms with Crippen molar-refractivity contribution in [2.45, 2.75) is 69.2 Å². The molecule has 1 spiro atoms. The number of carbonyl (C=O) groups excluding carboxylic acids is 1. The maximum absolute atomic E-state index is 13.3. The number of amides is 1. The Bertz CT molecular complexity index is 375. The molecule has 3 rings (SSSR count). The van der Waals surface area contributed by atoms with Gasteiger partial charge in [-0.05, 0) is 25.7 Å². The molecule has 1 aliphatic heterocycles. The van der Waals surface area contributed by atoms with Gasteiger partial charge in [-0.15, -0.1) is 0 Å². The molecule has 2 saturated carbocycles. The fraction of sp³-hybridized carbons (Fsp3) is 0.938. The first-order valence-electron chi connectivity index (χ1n) is 8.43. The summed E-state index contributed by atoms with van der Waals surface area (Å²) in [6.07, 6.45) is 6.19. The first-order valence-corrected chi connectivity index (χ1v) is 8.43. The van der Waals surface area contributed by atoms with E-state index in [0.717, 1.165) is 32.5 Å². The van der Waals surface area contributed by atoms with E-state index < -0.39 is 5.92 Å². The predicted octanol–water partition coefficient (Wildman–Crippen LogP) is 2.95. The Balaban J connectivity index is 1.70. The fourth-order valence-electron chi connectivity index (χ4n) is 4.35. The number of nitrogens with one attached hydrogen (secondary N) is 1. The second-order valence-corrected chi connectivity index (χ2v) is 7.08. The molecule has 0 aromatic rings. The summed E-state index contributed by atoms with van der Waals surface area (Å²) in [5.74, 6) is -2.58. The highest BCUT2D eigenvalue weighted by atomic mass is 19.3. The molecule has 0 aromatic carbocycles. The molecule has 0 aromatic heterocycles. The van der Waals surface area contributed by atoms with Crippen molar-refractivity contribution in [3.05, 3.63) is 0 Å². The standard InChI is InChI=1S/C16H26F2N2O/c17-16(18)8-4-13(5-9-16)14(21)20-11-10-19-12-15(20)6-2-1-3-7-15/h13,19H,1-12H2. The molecule has 21 heavy (non-hydrogen) atoms. The third-order valence-corrected chi connectivity index (χ3v) is 5.66. The van der Waals surface area contributed by atoms with Gasteiger partial charge in [-0.25, -0.2) is 8.78 Å². The van der Waals surface area contributed by atoms with Crippen LogP contribution in [0.2, 0.25) is 0 Å². The van der Waals surface area contributed by atoms with Crippen molar-refractivity contribution in [2.24, 2.45) is 5.92 Å². The molecule has 120 valence electrons. The van der Waals surface area contributed by atoms with E-state index in [1.54, 1.807) is 0 Å². The minimum absolute atomic E-state index is 0.0342. The van der Waals surface area contributed by atoms with Crippen molar-refractivity contribution >= 4 is 5.91 Å². The summed E-state index contributed by atoms with van der Waals surface area (Å²) >= 11 is 0. The average Bonchev–Trinajstić information content (AvgIpc) is 2.48. The van der Waals surface area contributed by atoms with Gasteiger partial charge in [0.15, 0.2) is 0 Å². The average molecular weight is 300 g/mol. The summed E-state index contributed by atoms with van der Waals surface area (Å²) in [4.78, 5) is 15.0. The van der Waals surface area contributed by atoms with Crippen LogP contribution in [0, 0.1) is 5.92 Å². The van der Waals surface area contributed by atoms with E-state index in [4.69, 9.17) is 0 Å². The maximum atomic E-state index is 13.3. The van der Waals surface area contributed by atoms with Crippen molar-refractivity contribution in [3.8, 4) is 0 Å². The zero-order valence-corrected chi connectivity index (χ0v) is 12.7. The monoisotopic (exact) mass is 300 g/mol. The van der Waals surface area contributed by atoms with Gasteiger partial charge in [-0.3, -0.25) is 4.79 Å². The number of carbonyl (C=O) groups is 1. The van der Waals surface area contributed by atoms with Crippen molar-refractivity contribution < 1.29 is 13.6 Å². The number of nitrogens with zero attached hydrogens (tertiary/aromatic N) is 1. The van der Waals surface area contributed by atoms with Crippen LogP contribution in [0.1, 0.15) is 57.8 Å². The topological polar surface area (TPSA) is 32.3 Å². The molecular weight excluding hydrogens is 274 g/mol. The lowest BCUT2D eigenvalue weighted by molar-refractivity contribution is -0.149. The van der Waals surface area contributed by atoms with Gasteiger partial charge in [0.05, 0.1) is 5.54 Å². The normalized spacial score (nSPS) is 29.5. The van der Waals surface area contributed by atoms with E-state index in [1.165, 1.54) is 19.3 Å². The summed E-state index contributed by atoms with van der Waals surface area (Å²) in [7, 11) is 0. The van der Waals surface area contributed by atoms with Gasteiger partial charge in [-0.2, -0.15) is 0 Å². The van der Waals surface area contributed by atoms with Crippen LogP contribution >= 0.6 is 0 Å². The van der Waals surface area contributed by atoms with Gasteiger partial charge >= 0.3 is 0 Å². The fourth-order valence-corrected chi connectivity index (χ4v) is 4.35. The summed E-state index contributed by atoms with van der Waals surface area (Å²) in [5, 5.41) is 3.43. The smallest absolute Gasteiger partial charge is 0.248 e. The first kappa shape index (κ1) is 15.2. The van der Waals surface area contributed by atoms with Crippen LogP contribution in [0.25, 0.3) is 0 Å². The molecule has 1 saturated heterocycles. The largest absolute Gasteiger partial charge is 0.334 e. The molecule has 1 amide bonds. The lowest BCUT2D eigenvalue weighted by Crippen LogP contribution is -2.64. The summed E-state index contributed by atoms with van der Waals surface area (Å²) in [5.41, 5.74) is -0.0342. The van der Waals surface area contributed by atoms with Crippen molar-refractivity contribution in [1.82, 2.24) is 10.2 Å². The van der Waals surface area contributed by atoms with Crippen LogP contribution in [0.3, 0.4) is 0 Å². The molecule has 3 aliphatic rings. The van der Waals surface area contributed by atoms with Crippen LogP contribution < -0.4 is 5.32 Å². The van der Waals surface area contributed by atoms with Gasteiger partial charge in [0, 0.05) is 38.4 Å². The Hall–Kier alpha value is -0.710. The minimum Gasteiger partial charge on any atom is -0.334 e. The summed E-state index contributed by atoms with van der Waals surface area (Å²) in [6, 6.07) is 0. The molecule has 3 fully saturated rings. The molecule has 1 N–H and O–H groups in total. The Morgan fingerprint density at radius 3 is 2.38 bits per heavy atom. The van der Waals surface area contributed by atoms with Gasteiger partial charge in [0.2, 0.25) is 11.8 Å². The molecule has 5 heteroatoms. The Morgan fingerprint density at radius 1 is 1.05 bits per heavy atom. The first-order chi connectivity index (χ1) is 10.0. The van der Waals surface area contributed by atoms with Crippen LogP contribution in [-0.4, -0.2) is 41.9 Å². The zero-order valence-electron chi connectivity index (χ0n) is 12.7. The highest BCUT2D eigenvalue weighted by Crippen LogP contribution is 2.40. The lowest BCUT2D eigenvalue weighted by atomic mass is 9.77. The van der Waals surface area contributed by atoms with E-state index in [9.17, 15) is 13.6 Å². The molecule has 1 heterocycles. The summed E-state index contributed by atoms with van der Waals surface area (Å²) < 4.78 is 26.6. The van der Waals surface area contributed by atoms with Gasteiger partial charge in [-0.1, -0.05) is 19.3 Å². The zero-order chi connectivity index (χ0) is 14.9. The number of halogens is 2. The third kappa shape index (κ3) is 3.08. The highest BCUT2D eigenvalue weighted by molar-refractivity contribution is 5.80. The summed E-state index contributed by atoms with van der Waals surface area (Å²) in [6.45, 7) is 2.45. The second kappa shape index (κ2) is 5.82. The Labute approximate surface area is 125 Å². The highest BCUT2D eigenvalue weighted by Gasteiger charge is 2.45. The maximum Gasteiger partial charge on any atom is 0.248 e. The van der Waals surface area contributed by atoms with E-state index in [1.807, 2.05) is 0 Å². The minimum atomic E-state index is -2.55. The van der Waals surface area contributed by atoms with Crippen molar-refractivity contribution in [3.63, 3.8) is 0 Å². The number of rotatable bonds is 1. The number of alkyl halides is 2. The quantitative estimate of drug-likeness (QED) is 0.807. The van der Waals surface area contributed by atoms with Crippen molar-refractivity contribution in [1.29, 1.82) is 0 Å². The molecule has 0 bridgehead atoms. The molecule has 3 nitrogen and oxygen atoms in total. The van der Waals surface area contributed by atoms with Gasteiger partial charge in [0.25, 0.3) is 0 Å². The Morgan fingerprint density at radius 2 is 1.71 bits per heavy atom. The molecule has 0 radical (unpaired) electrons. The predicted molar refractivity (Wildman–Crippen MR) is 77.3 cm³/mol. The van der Waals surface area contributed by atoms with E-state index in [-0.39, 0.29) is 30.2 Å². The van der Waals surface area contributed by atoms with Crippen LogP contribution in [0.4, 0.5) is 8.78 Å². The molecule has 0 unspecified atom stereocenters. The van der Waals surface area contributed by atoms with Crippen LogP contribution in [-0.2, 0) is 4.79 Å². The van der Waals surface area contributed by atoms with E-state index in [2.05, 4.69) is 10.2 Å². The lowest BCUT2D eigenvalue weighted by Gasteiger charge is -2.51. The molecule has 2 aliphatic carbocycles. The number of hydrogen-bond acceptors (Lipinski definition) is 2. The Kier molecular flexibility index (Phi) is 4.21. The number of piperazine rings is 1. The van der Waals surface area contributed by atoms with Crippen LogP contribution in [0.15, 0.2) is 0 Å². The molecular formula is C16H26F2N2O. The van der Waals surface area contributed by atoms with E-state index >= 15 is 0 Å². The van der Waals surface area contributed by atoms with E-state index in [0.29, 0.717) is 12.8 Å². The van der Waals surface area contributed by atoms with Gasteiger partial charge < -0.3 is 10.2 Å². The SMILES string of the molecule is O=C(C1CCC(F)(F)CC1)N1CCNCC12CCCCC2. The third-order valence-electron chi connectivity index (χ3n) is 5.66. The van der Waals surface area contributed by atoms with Crippen molar-refractivity contribution in [2.75, 3.05) is 19.6 Å².